The highest BCUT2D eigenvalue weighted by Crippen LogP contribution is 2.27. The van der Waals surface area contributed by atoms with Crippen molar-refractivity contribution in [1.82, 2.24) is 20.1 Å². The first-order valence-electron chi connectivity index (χ1n) is 10.8. The largest absolute Gasteiger partial charge is 0.452 e. The first-order valence-corrected chi connectivity index (χ1v) is 10.8. The SMILES string of the molecule is CCC(CC)NC(=O)COC(=O)c1cc(-c2ccc(C)cc2)nc2c1cnn2C(C)C. The molecule has 164 valence electrons. The second-order valence-corrected chi connectivity index (χ2v) is 8.00. The van der Waals surface area contributed by atoms with Gasteiger partial charge in [-0.3, -0.25) is 4.79 Å². The number of hydrogen-bond donors (Lipinski definition) is 1. The fourth-order valence-corrected chi connectivity index (χ4v) is 3.41. The van der Waals surface area contributed by atoms with E-state index in [0.717, 1.165) is 24.0 Å². The van der Waals surface area contributed by atoms with Crippen LogP contribution < -0.4 is 5.32 Å². The van der Waals surface area contributed by atoms with Crippen molar-refractivity contribution in [3.63, 3.8) is 0 Å². The Labute approximate surface area is 182 Å². The molecule has 0 aliphatic heterocycles. The number of fused-ring (bicyclic) bond motifs is 1. The Morgan fingerprint density at radius 1 is 1.13 bits per heavy atom. The van der Waals surface area contributed by atoms with Crippen molar-refractivity contribution in [3.05, 3.63) is 47.7 Å². The molecule has 1 amide bonds. The van der Waals surface area contributed by atoms with E-state index in [9.17, 15) is 9.59 Å². The monoisotopic (exact) mass is 422 g/mol. The van der Waals surface area contributed by atoms with Gasteiger partial charge in [-0.05, 0) is 39.7 Å². The number of carbonyl (C=O) groups excluding carboxylic acids is 2. The zero-order valence-electron chi connectivity index (χ0n) is 18.8. The zero-order chi connectivity index (χ0) is 22.5. The second kappa shape index (κ2) is 9.73. The zero-order valence-corrected chi connectivity index (χ0v) is 18.8. The predicted octanol–water partition coefficient (Wildman–Crippen LogP) is 4.45. The third-order valence-corrected chi connectivity index (χ3v) is 5.31. The Bertz CT molecular complexity index is 1070. The molecule has 0 spiro atoms. The van der Waals surface area contributed by atoms with E-state index in [1.54, 1.807) is 16.9 Å². The maximum Gasteiger partial charge on any atom is 0.339 e. The minimum absolute atomic E-state index is 0.0768. The molecule has 7 nitrogen and oxygen atoms in total. The van der Waals surface area contributed by atoms with Gasteiger partial charge in [0.25, 0.3) is 5.91 Å². The molecule has 0 radical (unpaired) electrons. The van der Waals surface area contributed by atoms with Crippen molar-refractivity contribution in [3.8, 4) is 11.3 Å². The van der Waals surface area contributed by atoms with Crippen LogP contribution in [-0.4, -0.2) is 39.3 Å². The molecular weight excluding hydrogens is 392 g/mol. The van der Waals surface area contributed by atoms with Crippen LogP contribution in [0.2, 0.25) is 0 Å². The summed E-state index contributed by atoms with van der Waals surface area (Å²) in [6.07, 6.45) is 3.28. The molecule has 0 aliphatic carbocycles. The number of benzene rings is 1. The topological polar surface area (TPSA) is 86.1 Å². The summed E-state index contributed by atoms with van der Waals surface area (Å²) in [7, 11) is 0. The number of hydrogen-bond acceptors (Lipinski definition) is 5. The first-order chi connectivity index (χ1) is 14.8. The molecular formula is C24H30N4O3. The minimum Gasteiger partial charge on any atom is -0.452 e. The summed E-state index contributed by atoms with van der Waals surface area (Å²) < 4.78 is 7.13. The van der Waals surface area contributed by atoms with Crippen molar-refractivity contribution >= 4 is 22.9 Å². The van der Waals surface area contributed by atoms with Crippen molar-refractivity contribution in [2.24, 2.45) is 0 Å². The van der Waals surface area contributed by atoms with Gasteiger partial charge in [0.1, 0.15) is 0 Å². The van der Waals surface area contributed by atoms with Gasteiger partial charge in [0, 0.05) is 17.6 Å². The molecule has 0 unspecified atom stereocenters. The van der Waals surface area contributed by atoms with Gasteiger partial charge >= 0.3 is 5.97 Å². The summed E-state index contributed by atoms with van der Waals surface area (Å²) in [6.45, 7) is 9.72. The van der Waals surface area contributed by atoms with Gasteiger partial charge in [0.05, 0.1) is 22.8 Å². The van der Waals surface area contributed by atoms with E-state index >= 15 is 0 Å². The molecule has 0 saturated carbocycles. The van der Waals surface area contributed by atoms with Crippen LogP contribution in [0.4, 0.5) is 0 Å². The molecule has 3 rings (SSSR count). The van der Waals surface area contributed by atoms with E-state index in [-0.39, 0.29) is 24.6 Å². The molecule has 1 aromatic carbocycles. The molecule has 0 aliphatic rings. The molecule has 2 aromatic heterocycles. The van der Waals surface area contributed by atoms with Gasteiger partial charge in [-0.1, -0.05) is 43.7 Å². The van der Waals surface area contributed by atoms with E-state index in [4.69, 9.17) is 9.72 Å². The molecule has 31 heavy (non-hydrogen) atoms. The number of ether oxygens (including phenoxy) is 1. The molecule has 1 N–H and O–H groups in total. The number of esters is 1. The van der Waals surface area contributed by atoms with Crippen molar-refractivity contribution in [1.29, 1.82) is 0 Å². The third-order valence-electron chi connectivity index (χ3n) is 5.31. The van der Waals surface area contributed by atoms with Gasteiger partial charge in [0.15, 0.2) is 12.3 Å². The molecule has 0 atom stereocenters. The van der Waals surface area contributed by atoms with E-state index in [1.807, 2.05) is 58.9 Å². The van der Waals surface area contributed by atoms with Crippen LogP contribution >= 0.6 is 0 Å². The fraction of sp³-hybridized carbons (Fsp3) is 0.417. The van der Waals surface area contributed by atoms with Crippen LogP contribution in [0, 0.1) is 6.92 Å². The lowest BCUT2D eigenvalue weighted by molar-refractivity contribution is -0.125. The summed E-state index contributed by atoms with van der Waals surface area (Å²) in [6, 6.07) is 9.81. The lowest BCUT2D eigenvalue weighted by Crippen LogP contribution is -2.36. The van der Waals surface area contributed by atoms with Gasteiger partial charge in [-0.15, -0.1) is 0 Å². The summed E-state index contributed by atoms with van der Waals surface area (Å²) >= 11 is 0. The van der Waals surface area contributed by atoms with Crippen LogP contribution in [0.1, 0.15) is 62.5 Å². The van der Waals surface area contributed by atoms with Crippen LogP contribution in [0.25, 0.3) is 22.3 Å². The Hall–Kier alpha value is -3.22. The van der Waals surface area contributed by atoms with E-state index in [1.165, 1.54) is 0 Å². The number of pyridine rings is 1. The Kier molecular flexibility index (Phi) is 7.05. The van der Waals surface area contributed by atoms with E-state index < -0.39 is 5.97 Å². The lowest BCUT2D eigenvalue weighted by atomic mass is 10.1. The molecule has 0 bridgehead atoms. The predicted molar refractivity (Wildman–Crippen MR) is 121 cm³/mol. The smallest absolute Gasteiger partial charge is 0.339 e. The number of nitrogens with zero attached hydrogens (tertiary/aromatic N) is 3. The maximum absolute atomic E-state index is 12.9. The number of aromatic nitrogens is 3. The van der Waals surface area contributed by atoms with Crippen molar-refractivity contribution < 1.29 is 14.3 Å². The molecule has 2 heterocycles. The number of carbonyl (C=O) groups is 2. The molecule has 0 fully saturated rings. The van der Waals surface area contributed by atoms with Crippen LogP contribution in [-0.2, 0) is 9.53 Å². The lowest BCUT2D eigenvalue weighted by Gasteiger charge is -2.15. The van der Waals surface area contributed by atoms with Gasteiger partial charge in [-0.25, -0.2) is 14.5 Å². The van der Waals surface area contributed by atoms with Crippen LogP contribution in [0.3, 0.4) is 0 Å². The average Bonchev–Trinajstić information content (AvgIpc) is 3.20. The summed E-state index contributed by atoms with van der Waals surface area (Å²) in [5.74, 6) is -0.868. The Morgan fingerprint density at radius 3 is 2.42 bits per heavy atom. The fourth-order valence-electron chi connectivity index (χ4n) is 3.41. The highest BCUT2D eigenvalue weighted by Gasteiger charge is 2.20. The van der Waals surface area contributed by atoms with Crippen molar-refractivity contribution in [2.45, 2.75) is 59.5 Å². The van der Waals surface area contributed by atoms with Crippen molar-refractivity contribution in [2.75, 3.05) is 6.61 Å². The number of aryl methyl sites for hydroxylation is 1. The Balaban J connectivity index is 1.93. The van der Waals surface area contributed by atoms with Gasteiger partial charge in [0.2, 0.25) is 0 Å². The molecule has 0 saturated heterocycles. The standard InChI is InChI=1S/C24H30N4O3/c1-6-18(7-2)26-22(29)14-31-24(30)19-12-21(17-10-8-16(5)9-11-17)27-23-20(19)13-25-28(23)15(3)4/h8-13,15,18H,6-7,14H2,1-5H3,(H,26,29). The maximum atomic E-state index is 12.9. The number of rotatable bonds is 8. The first kappa shape index (κ1) is 22.5. The normalized spacial score (nSPS) is 11.3. The molecule has 3 aromatic rings. The van der Waals surface area contributed by atoms with E-state index in [2.05, 4.69) is 10.4 Å². The third kappa shape index (κ3) is 5.10. The highest BCUT2D eigenvalue weighted by atomic mass is 16.5. The summed E-state index contributed by atoms with van der Waals surface area (Å²) in [5.41, 5.74) is 3.65. The van der Waals surface area contributed by atoms with Gasteiger partial charge < -0.3 is 10.1 Å². The average molecular weight is 423 g/mol. The summed E-state index contributed by atoms with van der Waals surface area (Å²) in [4.78, 5) is 29.9. The Morgan fingerprint density at radius 2 is 1.81 bits per heavy atom. The van der Waals surface area contributed by atoms with Gasteiger partial charge in [-0.2, -0.15) is 5.10 Å². The van der Waals surface area contributed by atoms with E-state index in [0.29, 0.717) is 22.3 Å². The van der Waals surface area contributed by atoms with Crippen LogP contribution in [0.15, 0.2) is 36.5 Å². The quantitative estimate of drug-likeness (QED) is 0.542. The highest BCUT2D eigenvalue weighted by molar-refractivity contribution is 6.04. The number of amides is 1. The van der Waals surface area contributed by atoms with Crippen LogP contribution in [0.5, 0.6) is 0 Å². The minimum atomic E-state index is -0.566. The second-order valence-electron chi connectivity index (χ2n) is 8.00. The summed E-state index contributed by atoms with van der Waals surface area (Å²) in [5, 5.41) is 7.89. The molecule has 7 heteroatoms. The number of nitrogens with one attached hydrogen (secondary N) is 1.